The van der Waals surface area contributed by atoms with Crippen molar-refractivity contribution in [1.29, 1.82) is 0 Å². The van der Waals surface area contributed by atoms with E-state index in [4.69, 9.17) is 5.11 Å². The Morgan fingerprint density at radius 2 is 1.69 bits per heavy atom. The number of cyclic esters (lactones) is 2. The molecule has 0 bridgehead atoms. The third-order valence-corrected chi connectivity index (χ3v) is 2.73. The van der Waals surface area contributed by atoms with Gasteiger partial charge in [0, 0.05) is 0 Å². The van der Waals surface area contributed by atoms with E-state index < -0.39 is 17.9 Å². The van der Waals surface area contributed by atoms with Gasteiger partial charge >= 0.3 is 17.9 Å². The minimum atomic E-state index is -0.706. The molecule has 1 fully saturated rings. The summed E-state index contributed by atoms with van der Waals surface area (Å²) in [7, 11) is 0. The second-order valence-corrected chi connectivity index (χ2v) is 3.97. The zero-order valence-electron chi connectivity index (χ0n) is 10.0. The Morgan fingerprint density at radius 1 is 1.31 bits per heavy atom. The van der Waals surface area contributed by atoms with Crippen LogP contribution in [-0.4, -0.2) is 23.0 Å². The standard InChI is InChI=1S/C6H8O3.C5H10O2/c1-3-4(2)6(8)9-5(3)7;1-3-4(2)5(6)7/h3-4H,1-2H3;4H,3H2,1-2H3,(H,6,7). The van der Waals surface area contributed by atoms with Gasteiger partial charge in [-0.2, -0.15) is 0 Å². The van der Waals surface area contributed by atoms with E-state index in [0.29, 0.717) is 0 Å². The molecule has 5 heteroatoms. The number of hydrogen-bond donors (Lipinski definition) is 1. The molecule has 92 valence electrons. The Kier molecular flexibility index (Phi) is 5.71. The van der Waals surface area contributed by atoms with E-state index in [-0.39, 0.29) is 17.8 Å². The highest BCUT2D eigenvalue weighted by Gasteiger charge is 2.37. The molecule has 0 spiro atoms. The summed E-state index contributed by atoms with van der Waals surface area (Å²) in [5.41, 5.74) is 0. The van der Waals surface area contributed by atoms with E-state index in [1.165, 1.54) is 0 Å². The van der Waals surface area contributed by atoms with Gasteiger partial charge in [0.05, 0.1) is 17.8 Å². The fourth-order valence-corrected chi connectivity index (χ4v) is 0.868. The van der Waals surface area contributed by atoms with Crippen molar-refractivity contribution >= 4 is 17.9 Å². The fraction of sp³-hybridized carbons (Fsp3) is 0.727. The second-order valence-electron chi connectivity index (χ2n) is 3.97. The molecule has 1 aliphatic rings. The number of carbonyl (C=O) groups excluding carboxylic acids is 2. The molecule has 1 aliphatic heterocycles. The largest absolute Gasteiger partial charge is 0.481 e. The van der Waals surface area contributed by atoms with Crippen molar-refractivity contribution in [2.75, 3.05) is 0 Å². The average molecular weight is 230 g/mol. The highest BCUT2D eigenvalue weighted by molar-refractivity contribution is 5.95. The molecule has 0 aromatic rings. The highest BCUT2D eigenvalue weighted by atomic mass is 16.6. The lowest BCUT2D eigenvalue weighted by Crippen LogP contribution is -2.09. The van der Waals surface area contributed by atoms with Crippen LogP contribution in [0.1, 0.15) is 34.1 Å². The number of aliphatic carboxylic acids is 1. The molecular formula is C11H18O5. The quantitative estimate of drug-likeness (QED) is 0.573. The van der Waals surface area contributed by atoms with Crippen molar-refractivity contribution in [3.63, 3.8) is 0 Å². The van der Waals surface area contributed by atoms with Gasteiger partial charge in [-0.25, -0.2) is 0 Å². The van der Waals surface area contributed by atoms with Gasteiger partial charge in [-0.05, 0) is 6.42 Å². The zero-order valence-corrected chi connectivity index (χ0v) is 10.0. The first-order chi connectivity index (χ1) is 7.31. The molecule has 5 nitrogen and oxygen atoms in total. The highest BCUT2D eigenvalue weighted by Crippen LogP contribution is 2.21. The summed E-state index contributed by atoms with van der Waals surface area (Å²) in [6.07, 6.45) is 0.718. The van der Waals surface area contributed by atoms with E-state index in [9.17, 15) is 14.4 Å². The summed E-state index contributed by atoms with van der Waals surface area (Å²) < 4.78 is 4.31. The predicted molar refractivity (Wildman–Crippen MR) is 56.5 cm³/mol. The van der Waals surface area contributed by atoms with E-state index in [2.05, 4.69) is 4.74 Å². The molecule has 0 aliphatic carbocycles. The minimum Gasteiger partial charge on any atom is -0.481 e. The molecule has 1 N–H and O–H groups in total. The van der Waals surface area contributed by atoms with Crippen LogP contribution in [0, 0.1) is 17.8 Å². The van der Waals surface area contributed by atoms with Crippen LogP contribution in [0.5, 0.6) is 0 Å². The SMILES string of the molecule is CC1C(=O)OC(=O)C1C.CCC(C)C(=O)O. The second kappa shape index (κ2) is 6.25. The molecule has 16 heavy (non-hydrogen) atoms. The van der Waals surface area contributed by atoms with E-state index in [1.807, 2.05) is 6.92 Å². The summed E-state index contributed by atoms with van der Waals surface area (Å²) in [6, 6.07) is 0. The summed E-state index contributed by atoms with van der Waals surface area (Å²) in [5, 5.41) is 8.18. The summed E-state index contributed by atoms with van der Waals surface area (Å²) in [5.74, 6) is -2.18. The van der Waals surface area contributed by atoms with Gasteiger partial charge in [-0.3, -0.25) is 14.4 Å². The van der Waals surface area contributed by atoms with Gasteiger partial charge in [0.15, 0.2) is 0 Å². The predicted octanol–water partition coefficient (Wildman–Crippen LogP) is 1.46. The Bertz CT molecular complexity index is 266. The molecule has 0 saturated carbocycles. The van der Waals surface area contributed by atoms with Crippen LogP contribution in [0.2, 0.25) is 0 Å². The number of carbonyl (C=O) groups is 3. The van der Waals surface area contributed by atoms with Gasteiger partial charge in [0.2, 0.25) is 0 Å². The first-order valence-electron chi connectivity index (χ1n) is 5.29. The van der Waals surface area contributed by atoms with Crippen LogP contribution in [0.25, 0.3) is 0 Å². The third-order valence-electron chi connectivity index (χ3n) is 2.73. The van der Waals surface area contributed by atoms with Crippen LogP contribution in [0.15, 0.2) is 0 Å². The van der Waals surface area contributed by atoms with Gasteiger partial charge in [-0.1, -0.05) is 27.7 Å². The van der Waals surface area contributed by atoms with Gasteiger partial charge in [-0.15, -0.1) is 0 Å². The summed E-state index contributed by atoms with van der Waals surface area (Å²) in [6.45, 7) is 6.94. The van der Waals surface area contributed by atoms with Crippen molar-refractivity contribution < 1.29 is 24.2 Å². The van der Waals surface area contributed by atoms with Crippen LogP contribution in [0.3, 0.4) is 0 Å². The Morgan fingerprint density at radius 3 is 1.75 bits per heavy atom. The van der Waals surface area contributed by atoms with Gasteiger partial charge < -0.3 is 9.84 Å². The Balaban J connectivity index is 0.000000293. The van der Waals surface area contributed by atoms with Crippen LogP contribution < -0.4 is 0 Å². The van der Waals surface area contributed by atoms with Crippen molar-refractivity contribution in [3.8, 4) is 0 Å². The number of carboxylic acid groups (broad SMARTS) is 1. The summed E-state index contributed by atoms with van der Waals surface area (Å²) in [4.78, 5) is 31.0. The number of hydrogen-bond acceptors (Lipinski definition) is 4. The molecule has 1 saturated heterocycles. The first kappa shape index (κ1) is 14.6. The van der Waals surface area contributed by atoms with Crippen LogP contribution in [-0.2, 0) is 19.1 Å². The first-order valence-corrected chi connectivity index (χ1v) is 5.29. The van der Waals surface area contributed by atoms with E-state index in [0.717, 1.165) is 6.42 Å². The normalized spacial score (nSPS) is 25.5. The molecule has 0 amide bonds. The molecule has 0 aromatic carbocycles. The monoisotopic (exact) mass is 230 g/mol. The lowest BCUT2D eigenvalue weighted by molar-refractivity contribution is -0.153. The topological polar surface area (TPSA) is 80.7 Å². The molecule has 3 unspecified atom stereocenters. The Labute approximate surface area is 94.8 Å². The van der Waals surface area contributed by atoms with Crippen molar-refractivity contribution in [2.24, 2.45) is 17.8 Å². The smallest absolute Gasteiger partial charge is 0.317 e. The number of rotatable bonds is 2. The lowest BCUT2D eigenvalue weighted by Gasteiger charge is -1.96. The third kappa shape index (κ3) is 4.00. The number of esters is 2. The van der Waals surface area contributed by atoms with Crippen molar-refractivity contribution in [3.05, 3.63) is 0 Å². The lowest BCUT2D eigenvalue weighted by atomic mass is 10.00. The van der Waals surface area contributed by atoms with Crippen LogP contribution >= 0.6 is 0 Å². The number of carboxylic acids is 1. The Hall–Kier alpha value is -1.39. The maximum absolute atomic E-state index is 10.6. The maximum Gasteiger partial charge on any atom is 0.317 e. The maximum atomic E-state index is 10.6. The molecule has 1 heterocycles. The van der Waals surface area contributed by atoms with Crippen LogP contribution in [0.4, 0.5) is 0 Å². The van der Waals surface area contributed by atoms with Crippen molar-refractivity contribution in [1.82, 2.24) is 0 Å². The molecule has 0 radical (unpaired) electrons. The molecule has 1 rings (SSSR count). The average Bonchev–Trinajstić information content (AvgIpc) is 2.45. The van der Waals surface area contributed by atoms with E-state index in [1.54, 1.807) is 20.8 Å². The zero-order chi connectivity index (χ0) is 12.9. The summed E-state index contributed by atoms with van der Waals surface area (Å²) >= 11 is 0. The number of ether oxygens (including phenoxy) is 1. The molecular weight excluding hydrogens is 212 g/mol. The van der Waals surface area contributed by atoms with E-state index >= 15 is 0 Å². The van der Waals surface area contributed by atoms with Crippen molar-refractivity contribution in [2.45, 2.75) is 34.1 Å². The fourth-order valence-electron chi connectivity index (χ4n) is 0.868. The molecule has 3 atom stereocenters. The molecule has 0 aromatic heterocycles. The minimum absolute atomic E-state index is 0.181. The van der Waals surface area contributed by atoms with Gasteiger partial charge in [0.1, 0.15) is 0 Å². The van der Waals surface area contributed by atoms with Gasteiger partial charge in [0.25, 0.3) is 0 Å².